The second kappa shape index (κ2) is 6.86. The Morgan fingerprint density at radius 1 is 1.30 bits per heavy atom. The Hall–Kier alpha value is -2.14. The molecule has 5 nitrogen and oxygen atoms in total. The van der Waals surface area contributed by atoms with Crippen LogP contribution in [0, 0.1) is 0 Å². The summed E-state index contributed by atoms with van der Waals surface area (Å²) in [4.78, 5) is 11.6. The lowest BCUT2D eigenvalue weighted by atomic mass is 10.1. The lowest BCUT2D eigenvalue weighted by Crippen LogP contribution is -2.13. The molecule has 0 saturated carbocycles. The van der Waals surface area contributed by atoms with E-state index in [1.54, 1.807) is 6.07 Å². The number of hydrogen-bond donors (Lipinski definition) is 1. The molecule has 0 radical (unpaired) electrons. The molecule has 0 aliphatic heterocycles. The highest BCUT2D eigenvalue weighted by Crippen LogP contribution is 2.17. The second-order valence-electron chi connectivity index (χ2n) is 4.08. The van der Waals surface area contributed by atoms with E-state index < -0.39 is 5.97 Å². The lowest BCUT2D eigenvalue weighted by molar-refractivity contribution is 0.0594. The Morgan fingerprint density at radius 3 is 2.75 bits per heavy atom. The summed E-state index contributed by atoms with van der Waals surface area (Å²) < 4.78 is 4.66. The van der Waals surface area contributed by atoms with Crippen LogP contribution in [0.2, 0.25) is 5.15 Å². The Kier molecular flexibility index (Phi) is 4.90. The number of methoxy groups -OCH3 is 1. The van der Waals surface area contributed by atoms with Crippen molar-refractivity contribution in [3.8, 4) is 0 Å². The molecule has 0 fully saturated rings. The second-order valence-corrected chi connectivity index (χ2v) is 4.47. The summed E-state index contributed by atoms with van der Waals surface area (Å²) in [7, 11) is 1.30. The average Bonchev–Trinajstić information content (AvgIpc) is 2.48. The highest BCUT2D eigenvalue weighted by Gasteiger charge is 2.15. The maximum Gasteiger partial charge on any atom is 0.360 e. The molecule has 1 heterocycles. The predicted octanol–water partition coefficient (Wildman–Crippen LogP) is 2.57. The molecule has 6 heteroatoms. The Labute approximate surface area is 121 Å². The molecule has 0 unspecified atom stereocenters. The van der Waals surface area contributed by atoms with Crippen molar-refractivity contribution in [3.63, 3.8) is 0 Å². The summed E-state index contributed by atoms with van der Waals surface area (Å²) >= 11 is 5.79. The number of anilines is 1. The van der Waals surface area contributed by atoms with Gasteiger partial charge in [0.1, 0.15) is 0 Å². The minimum Gasteiger partial charge on any atom is -0.464 e. The molecule has 2 aromatic rings. The summed E-state index contributed by atoms with van der Waals surface area (Å²) in [5, 5.41) is 10.8. The fraction of sp³-hybridized carbons (Fsp3) is 0.214. The van der Waals surface area contributed by atoms with Gasteiger partial charge in [0.15, 0.2) is 10.8 Å². The van der Waals surface area contributed by atoms with E-state index in [4.69, 9.17) is 11.6 Å². The van der Waals surface area contributed by atoms with Gasteiger partial charge in [-0.3, -0.25) is 0 Å². The van der Waals surface area contributed by atoms with Gasteiger partial charge in [0.2, 0.25) is 0 Å². The molecule has 0 aliphatic carbocycles. The number of hydrogen-bond acceptors (Lipinski definition) is 5. The van der Waals surface area contributed by atoms with Crippen LogP contribution in [-0.2, 0) is 11.2 Å². The van der Waals surface area contributed by atoms with Crippen molar-refractivity contribution < 1.29 is 9.53 Å². The number of esters is 1. The van der Waals surface area contributed by atoms with Crippen molar-refractivity contribution >= 4 is 23.3 Å². The molecule has 104 valence electrons. The van der Waals surface area contributed by atoms with E-state index in [1.807, 2.05) is 30.3 Å². The minimum atomic E-state index is -0.545. The van der Waals surface area contributed by atoms with E-state index in [0.29, 0.717) is 12.2 Å². The lowest BCUT2D eigenvalue weighted by Gasteiger charge is -2.09. The first-order chi connectivity index (χ1) is 9.70. The van der Waals surface area contributed by atoms with E-state index in [1.165, 1.54) is 12.7 Å². The molecule has 0 spiro atoms. The van der Waals surface area contributed by atoms with Gasteiger partial charge in [-0.25, -0.2) is 4.79 Å². The van der Waals surface area contributed by atoms with E-state index in [9.17, 15) is 4.79 Å². The first kappa shape index (κ1) is 14.3. The molecule has 0 bridgehead atoms. The standard InChI is InChI=1S/C14H14ClN3O2/c1-20-14(19)13-11(9-12(15)17-18-13)16-8-7-10-5-3-2-4-6-10/h2-6,9H,7-8H2,1H3,(H,16,17). The van der Waals surface area contributed by atoms with Crippen molar-refractivity contribution in [3.05, 3.63) is 52.8 Å². The molecule has 0 atom stereocenters. The molecule has 1 N–H and O–H groups in total. The zero-order chi connectivity index (χ0) is 14.4. The number of aromatic nitrogens is 2. The number of halogens is 1. The van der Waals surface area contributed by atoms with Gasteiger partial charge in [0.05, 0.1) is 12.8 Å². The molecular weight excluding hydrogens is 278 g/mol. The van der Waals surface area contributed by atoms with Crippen molar-refractivity contribution in [2.24, 2.45) is 0 Å². The largest absolute Gasteiger partial charge is 0.464 e. The summed E-state index contributed by atoms with van der Waals surface area (Å²) in [6.45, 7) is 0.649. The molecule has 0 saturated heterocycles. The van der Waals surface area contributed by atoms with Gasteiger partial charge in [-0.1, -0.05) is 41.9 Å². The van der Waals surface area contributed by atoms with Crippen LogP contribution in [0.4, 0.5) is 5.69 Å². The van der Waals surface area contributed by atoms with Crippen LogP contribution in [0.15, 0.2) is 36.4 Å². The summed E-state index contributed by atoms with van der Waals surface area (Å²) in [6.07, 6.45) is 0.821. The van der Waals surface area contributed by atoms with Gasteiger partial charge < -0.3 is 10.1 Å². The highest BCUT2D eigenvalue weighted by atomic mass is 35.5. The van der Waals surface area contributed by atoms with Gasteiger partial charge in [-0.15, -0.1) is 10.2 Å². The Bertz CT molecular complexity index is 590. The third-order valence-electron chi connectivity index (χ3n) is 2.71. The average molecular weight is 292 g/mol. The Morgan fingerprint density at radius 2 is 2.05 bits per heavy atom. The van der Waals surface area contributed by atoms with E-state index in [-0.39, 0.29) is 10.8 Å². The maximum absolute atomic E-state index is 11.6. The SMILES string of the molecule is COC(=O)c1nnc(Cl)cc1NCCc1ccccc1. The monoisotopic (exact) mass is 291 g/mol. The molecule has 20 heavy (non-hydrogen) atoms. The van der Waals surface area contributed by atoms with Gasteiger partial charge in [-0.05, 0) is 12.0 Å². The zero-order valence-corrected chi connectivity index (χ0v) is 11.7. The van der Waals surface area contributed by atoms with Gasteiger partial charge in [-0.2, -0.15) is 0 Å². The van der Waals surface area contributed by atoms with Crippen molar-refractivity contribution in [1.29, 1.82) is 0 Å². The molecule has 0 aliphatic rings. The highest BCUT2D eigenvalue weighted by molar-refractivity contribution is 6.29. The van der Waals surface area contributed by atoms with Crippen LogP contribution in [0.3, 0.4) is 0 Å². The zero-order valence-electron chi connectivity index (χ0n) is 11.0. The van der Waals surface area contributed by atoms with Crippen molar-refractivity contribution in [1.82, 2.24) is 10.2 Å². The van der Waals surface area contributed by atoms with Crippen molar-refractivity contribution in [2.45, 2.75) is 6.42 Å². The fourth-order valence-electron chi connectivity index (χ4n) is 1.74. The normalized spacial score (nSPS) is 10.1. The predicted molar refractivity (Wildman–Crippen MR) is 77.0 cm³/mol. The van der Waals surface area contributed by atoms with Crippen LogP contribution in [0.25, 0.3) is 0 Å². The van der Waals surface area contributed by atoms with Crippen LogP contribution < -0.4 is 5.32 Å². The first-order valence-electron chi connectivity index (χ1n) is 6.10. The third kappa shape index (κ3) is 3.68. The van der Waals surface area contributed by atoms with Crippen molar-refractivity contribution in [2.75, 3.05) is 19.0 Å². The van der Waals surface area contributed by atoms with Crippen LogP contribution in [0.1, 0.15) is 16.1 Å². The molecule has 1 aromatic carbocycles. The van der Waals surface area contributed by atoms with Crippen LogP contribution >= 0.6 is 11.6 Å². The van der Waals surface area contributed by atoms with E-state index in [2.05, 4.69) is 20.3 Å². The maximum atomic E-state index is 11.6. The third-order valence-corrected chi connectivity index (χ3v) is 2.90. The summed E-state index contributed by atoms with van der Waals surface area (Å²) in [5.74, 6) is -0.545. The molecule has 0 amide bonds. The van der Waals surface area contributed by atoms with Gasteiger partial charge >= 0.3 is 5.97 Å². The van der Waals surface area contributed by atoms with Crippen LogP contribution in [0.5, 0.6) is 0 Å². The van der Waals surface area contributed by atoms with Crippen LogP contribution in [-0.4, -0.2) is 29.8 Å². The Balaban J connectivity index is 2.05. The topological polar surface area (TPSA) is 64.1 Å². The number of carbonyl (C=O) groups excluding carboxylic acids is 1. The van der Waals surface area contributed by atoms with E-state index in [0.717, 1.165) is 6.42 Å². The van der Waals surface area contributed by atoms with E-state index >= 15 is 0 Å². The number of nitrogens with one attached hydrogen (secondary N) is 1. The summed E-state index contributed by atoms with van der Waals surface area (Å²) in [5.41, 5.74) is 1.85. The quantitative estimate of drug-likeness (QED) is 0.858. The molecule has 2 rings (SSSR count). The molecule has 1 aromatic heterocycles. The number of carbonyl (C=O) groups is 1. The van der Waals surface area contributed by atoms with Gasteiger partial charge in [0.25, 0.3) is 0 Å². The first-order valence-corrected chi connectivity index (χ1v) is 6.48. The number of benzene rings is 1. The number of rotatable bonds is 5. The minimum absolute atomic E-state index is 0.130. The number of nitrogens with zero attached hydrogens (tertiary/aromatic N) is 2. The summed E-state index contributed by atoms with van der Waals surface area (Å²) in [6, 6.07) is 11.6. The fourth-order valence-corrected chi connectivity index (χ4v) is 1.88. The molecular formula is C14H14ClN3O2. The van der Waals surface area contributed by atoms with Gasteiger partial charge in [0, 0.05) is 12.6 Å². The number of ether oxygens (including phenoxy) is 1. The smallest absolute Gasteiger partial charge is 0.360 e.